The molecule has 1 N–H and O–H groups in total. The van der Waals surface area contributed by atoms with Gasteiger partial charge in [-0.3, -0.25) is 14.5 Å². The summed E-state index contributed by atoms with van der Waals surface area (Å²) in [6.45, 7) is 0. The van der Waals surface area contributed by atoms with E-state index in [4.69, 9.17) is 4.74 Å². The van der Waals surface area contributed by atoms with Crippen LogP contribution in [0.4, 0.5) is 11.4 Å². The Morgan fingerprint density at radius 2 is 1.63 bits per heavy atom. The highest BCUT2D eigenvalue weighted by molar-refractivity contribution is 9.10. The molecule has 1 amide bonds. The summed E-state index contributed by atoms with van der Waals surface area (Å²) in [5.41, 5.74) is 2.53. The van der Waals surface area contributed by atoms with Crippen molar-refractivity contribution < 1.29 is 24.2 Å². The number of halogens is 1. The van der Waals surface area contributed by atoms with Gasteiger partial charge in [-0.05, 0) is 48.0 Å². The molecule has 1 saturated heterocycles. The maximum atomic E-state index is 13.3. The van der Waals surface area contributed by atoms with Crippen LogP contribution in [0.3, 0.4) is 0 Å². The molecule has 1 aliphatic rings. The average Bonchev–Trinajstić information content (AvgIpc) is 3.14. The standard InChI is InChI=1S/C27H23BrN2O5/c1-29(2)20-13-9-16(10-14-20)23-22(24(31)17-7-11-19(28)12-8-17)25(32)26(33)30(23)21-6-4-5-18(15-21)27(34)35-3/h4-15,23,31H,1-3H3/b24-22+. The number of methoxy groups -OCH3 is 1. The lowest BCUT2D eigenvalue weighted by molar-refractivity contribution is -0.132. The molecule has 8 heteroatoms. The largest absolute Gasteiger partial charge is 0.507 e. The number of carbonyl (C=O) groups excluding carboxylic acids is 3. The topological polar surface area (TPSA) is 87.1 Å². The number of hydrogen-bond acceptors (Lipinski definition) is 6. The first kappa shape index (κ1) is 24.2. The van der Waals surface area contributed by atoms with Gasteiger partial charge in [-0.15, -0.1) is 0 Å². The van der Waals surface area contributed by atoms with Crippen molar-refractivity contribution in [3.05, 3.63) is 99.5 Å². The van der Waals surface area contributed by atoms with Crippen molar-refractivity contribution in [3.8, 4) is 0 Å². The van der Waals surface area contributed by atoms with Gasteiger partial charge in [0.1, 0.15) is 5.76 Å². The van der Waals surface area contributed by atoms with Crippen molar-refractivity contribution in [1.29, 1.82) is 0 Å². The molecule has 0 radical (unpaired) electrons. The fourth-order valence-electron chi connectivity index (χ4n) is 4.03. The number of benzene rings is 3. The Labute approximate surface area is 211 Å². The Morgan fingerprint density at radius 3 is 2.23 bits per heavy atom. The van der Waals surface area contributed by atoms with Gasteiger partial charge in [0.2, 0.25) is 0 Å². The van der Waals surface area contributed by atoms with E-state index >= 15 is 0 Å². The molecule has 7 nitrogen and oxygen atoms in total. The Morgan fingerprint density at radius 1 is 0.971 bits per heavy atom. The third kappa shape index (κ3) is 4.57. The highest BCUT2D eigenvalue weighted by Gasteiger charge is 2.47. The van der Waals surface area contributed by atoms with Gasteiger partial charge in [0, 0.05) is 35.5 Å². The van der Waals surface area contributed by atoms with Crippen molar-refractivity contribution in [2.75, 3.05) is 31.0 Å². The molecule has 0 spiro atoms. The predicted octanol–water partition coefficient (Wildman–Crippen LogP) is 4.93. The van der Waals surface area contributed by atoms with Crippen LogP contribution in [0.5, 0.6) is 0 Å². The molecule has 0 aromatic heterocycles. The second-order valence-corrected chi connectivity index (χ2v) is 9.12. The van der Waals surface area contributed by atoms with Crippen LogP contribution in [0.15, 0.2) is 82.8 Å². The molecule has 1 unspecified atom stereocenters. The number of rotatable bonds is 5. The quantitative estimate of drug-likeness (QED) is 0.216. The van der Waals surface area contributed by atoms with Crippen LogP contribution >= 0.6 is 15.9 Å². The maximum absolute atomic E-state index is 13.3. The molecule has 0 saturated carbocycles. The first-order valence-electron chi connectivity index (χ1n) is 10.8. The molecule has 4 rings (SSSR count). The van der Waals surface area contributed by atoms with Gasteiger partial charge in [0.25, 0.3) is 11.7 Å². The van der Waals surface area contributed by atoms with Crippen LogP contribution in [-0.4, -0.2) is 44.0 Å². The summed E-state index contributed by atoms with van der Waals surface area (Å²) in [6.07, 6.45) is 0. The molecule has 1 aliphatic heterocycles. The number of nitrogens with zero attached hydrogens (tertiary/aromatic N) is 2. The zero-order valence-corrected chi connectivity index (χ0v) is 20.9. The number of hydrogen-bond donors (Lipinski definition) is 1. The van der Waals surface area contributed by atoms with Crippen molar-refractivity contribution in [1.82, 2.24) is 0 Å². The van der Waals surface area contributed by atoms with Crippen molar-refractivity contribution in [3.63, 3.8) is 0 Å². The van der Waals surface area contributed by atoms with E-state index in [1.54, 1.807) is 42.5 Å². The number of aliphatic hydroxyl groups is 1. The molecule has 1 atom stereocenters. The predicted molar refractivity (Wildman–Crippen MR) is 137 cm³/mol. The smallest absolute Gasteiger partial charge is 0.337 e. The number of Topliss-reactive ketones (excluding diaryl/α,β-unsaturated/α-hetero) is 1. The minimum absolute atomic E-state index is 0.0293. The van der Waals surface area contributed by atoms with Crippen LogP contribution in [-0.2, 0) is 14.3 Å². The summed E-state index contributed by atoms with van der Waals surface area (Å²) in [4.78, 5) is 42.0. The van der Waals surface area contributed by atoms with Crippen LogP contribution in [0, 0.1) is 0 Å². The monoisotopic (exact) mass is 534 g/mol. The third-order valence-electron chi connectivity index (χ3n) is 5.83. The van der Waals surface area contributed by atoms with Gasteiger partial charge in [0.15, 0.2) is 0 Å². The molecule has 1 heterocycles. The van der Waals surface area contributed by atoms with Gasteiger partial charge >= 0.3 is 5.97 Å². The van der Waals surface area contributed by atoms with Gasteiger partial charge in [0.05, 0.1) is 24.3 Å². The number of amides is 1. The second kappa shape index (κ2) is 9.76. The minimum Gasteiger partial charge on any atom is -0.507 e. The third-order valence-corrected chi connectivity index (χ3v) is 6.36. The summed E-state index contributed by atoms with van der Waals surface area (Å²) >= 11 is 3.36. The van der Waals surface area contributed by atoms with Crippen LogP contribution in [0.1, 0.15) is 27.5 Å². The van der Waals surface area contributed by atoms with E-state index in [0.29, 0.717) is 16.8 Å². The molecule has 178 valence electrons. The molecule has 3 aromatic rings. The van der Waals surface area contributed by atoms with E-state index < -0.39 is 23.7 Å². The van der Waals surface area contributed by atoms with Gasteiger partial charge in [-0.1, -0.05) is 46.3 Å². The Hall–Kier alpha value is -3.91. The molecular formula is C27H23BrN2O5. The first-order valence-corrected chi connectivity index (χ1v) is 11.5. The fourth-order valence-corrected chi connectivity index (χ4v) is 4.30. The van der Waals surface area contributed by atoms with Crippen molar-refractivity contribution in [2.24, 2.45) is 0 Å². The minimum atomic E-state index is -0.900. The Kier molecular flexibility index (Phi) is 6.75. The number of esters is 1. The summed E-state index contributed by atoms with van der Waals surface area (Å²) < 4.78 is 5.62. The Bertz CT molecular complexity index is 1330. The van der Waals surface area contributed by atoms with E-state index in [2.05, 4.69) is 15.9 Å². The molecule has 0 bridgehead atoms. The van der Waals surface area contributed by atoms with Gasteiger partial charge < -0.3 is 14.7 Å². The normalized spacial score (nSPS) is 16.9. The first-order chi connectivity index (χ1) is 16.7. The molecule has 3 aromatic carbocycles. The molecule has 0 aliphatic carbocycles. The summed E-state index contributed by atoms with van der Waals surface area (Å²) in [6, 6.07) is 19.6. The van der Waals surface area contributed by atoms with Crippen LogP contribution in [0.25, 0.3) is 5.76 Å². The van der Waals surface area contributed by atoms with E-state index in [-0.39, 0.29) is 16.9 Å². The summed E-state index contributed by atoms with van der Waals surface area (Å²) in [5.74, 6) is -2.45. The lowest BCUT2D eigenvalue weighted by atomic mass is 9.95. The highest BCUT2D eigenvalue weighted by Crippen LogP contribution is 2.42. The van der Waals surface area contributed by atoms with E-state index in [1.165, 1.54) is 18.1 Å². The molecular weight excluding hydrogens is 512 g/mol. The molecule has 35 heavy (non-hydrogen) atoms. The highest BCUT2D eigenvalue weighted by atomic mass is 79.9. The van der Waals surface area contributed by atoms with Crippen LogP contribution < -0.4 is 9.80 Å². The number of anilines is 2. The number of carbonyl (C=O) groups is 3. The van der Waals surface area contributed by atoms with E-state index in [1.807, 2.05) is 43.3 Å². The zero-order valence-electron chi connectivity index (χ0n) is 19.4. The lowest BCUT2D eigenvalue weighted by Crippen LogP contribution is -2.29. The van der Waals surface area contributed by atoms with Gasteiger partial charge in [-0.2, -0.15) is 0 Å². The van der Waals surface area contributed by atoms with Crippen molar-refractivity contribution in [2.45, 2.75) is 6.04 Å². The molecule has 1 fully saturated rings. The number of aliphatic hydroxyl groups excluding tert-OH is 1. The van der Waals surface area contributed by atoms with Crippen LogP contribution in [0.2, 0.25) is 0 Å². The van der Waals surface area contributed by atoms with E-state index in [9.17, 15) is 19.5 Å². The fraction of sp³-hybridized carbons (Fsp3) is 0.148. The summed E-state index contributed by atoms with van der Waals surface area (Å²) in [5, 5.41) is 11.2. The Balaban J connectivity index is 1.92. The SMILES string of the molecule is COC(=O)c1cccc(N2C(=O)C(=O)/C(=C(/O)c3ccc(Br)cc3)C2c2ccc(N(C)C)cc2)c1. The number of ether oxygens (including phenoxy) is 1. The lowest BCUT2D eigenvalue weighted by Gasteiger charge is -2.26. The summed E-state index contributed by atoms with van der Waals surface area (Å²) in [7, 11) is 5.09. The second-order valence-electron chi connectivity index (χ2n) is 8.20. The zero-order chi connectivity index (χ0) is 25.3. The average molecular weight is 535 g/mol. The van der Waals surface area contributed by atoms with Gasteiger partial charge in [-0.25, -0.2) is 4.79 Å². The van der Waals surface area contributed by atoms with Crippen molar-refractivity contribution >= 4 is 50.7 Å². The maximum Gasteiger partial charge on any atom is 0.337 e. The number of ketones is 1. The van der Waals surface area contributed by atoms with E-state index in [0.717, 1.165) is 10.2 Å².